The Morgan fingerprint density at radius 2 is 1.86 bits per heavy atom. The molecule has 0 aromatic heterocycles. The molecule has 2 unspecified atom stereocenters. The molecule has 21 heavy (non-hydrogen) atoms. The Morgan fingerprint density at radius 1 is 1.14 bits per heavy atom. The molecule has 3 rings (SSSR count). The van der Waals surface area contributed by atoms with Gasteiger partial charge in [-0.15, -0.1) is 0 Å². The molecule has 2 saturated carbocycles. The molecule has 0 bridgehead atoms. The van der Waals surface area contributed by atoms with Gasteiger partial charge in [-0.3, -0.25) is 0 Å². The van der Waals surface area contributed by atoms with Gasteiger partial charge in [0.05, 0.1) is 5.56 Å². The third kappa shape index (κ3) is 2.63. The van der Waals surface area contributed by atoms with Crippen molar-refractivity contribution in [2.75, 3.05) is 0 Å². The molecule has 2 nitrogen and oxygen atoms in total. The molecule has 2 fully saturated rings. The molecule has 0 saturated heterocycles. The van der Waals surface area contributed by atoms with Crippen LogP contribution in [0.5, 0.6) is 5.75 Å². The van der Waals surface area contributed by atoms with Gasteiger partial charge in [-0.25, -0.2) is 0 Å². The van der Waals surface area contributed by atoms with E-state index in [1.807, 2.05) is 0 Å². The minimum atomic E-state index is -4.34. The molecule has 0 heterocycles. The van der Waals surface area contributed by atoms with E-state index in [0.29, 0.717) is 5.75 Å². The summed E-state index contributed by atoms with van der Waals surface area (Å²) < 4.78 is 44.1. The van der Waals surface area contributed by atoms with Crippen LogP contribution in [0.15, 0.2) is 24.3 Å². The van der Waals surface area contributed by atoms with Crippen LogP contribution in [0.1, 0.15) is 44.1 Å². The topological polar surface area (TPSA) is 35.2 Å². The second-order valence-corrected chi connectivity index (χ2v) is 6.27. The highest BCUT2D eigenvalue weighted by molar-refractivity contribution is 5.31. The minimum Gasteiger partial charge on any atom is -0.490 e. The predicted octanol–water partition coefficient (Wildman–Crippen LogP) is 4.13. The summed E-state index contributed by atoms with van der Waals surface area (Å²) in [6, 6.07) is 5.25. The van der Waals surface area contributed by atoms with Gasteiger partial charge in [-0.2, -0.15) is 13.2 Å². The van der Waals surface area contributed by atoms with Gasteiger partial charge in [0.1, 0.15) is 11.9 Å². The second kappa shape index (κ2) is 5.20. The zero-order chi connectivity index (χ0) is 15.1. The van der Waals surface area contributed by atoms with Gasteiger partial charge in [-0.05, 0) is 31.0 Å². The van der Waals surface area contributed by atoms with Crippen molar-refractivity contribution in [1.82, 2.24) is 0 Å². The summed E-state index contributed by atoms with van der Waals surface area (Å²) in [6.07, 6.45) is 1.89. The highest BCUT2D eigenvalue weighted by Gasteiger charge is 2.54. The molecular weight excluding hydrogens is 279 g/mol. The molecule has 2 aliphatic carbocycles. The number of rotatable bonds is 2. The van der Waals surface area contributed by atoms with Gasteiger partial charge < -0.3 is 10.5 Å². The maximum atomic E-state index is 12.7. The van der Waals surface area contributed by atoms with Crippen LogP contribution >= 0.6 is 0 Å². The lowest BCUT2D eigenvalue weighted by molar-refractivity contribution is -0.138. The normalized spacial score (nSPS) is 28.2. The number of nitrogens with two attached hydrogens (primary N) is 1. The number of hydrogen-bond acceptors (Lipinski definition) is 2. The van der Waals surface area contributed by atoms with Crippen LogP contribution in [-0.4, -0.2) is 12.1 Å². The van der Waals surface area contributed by atoms with E-state index in [4.69, 9.17) is 10.5 Å². The summed E-state index contributed by atoms with van der Waals surface area (Å²) in [5, 5.41) is 0. The summed E-state index contributed by atoms with van der Waals surface area (Å²) in [7, 11) is 0. The standard InChI is InChI=1S/C16H20F3NO/c17-16(18,19)11-5-4-6-12(9-11)21-14-10-13(20)15(14)7-2-1-3-8-15/h4-6,9,13-14H,1-3,7-8,10,20H2. The lowest BCUT2D eigenvalue weighted by Crippen LogP contribution is -2.64. The fourth-order valence-electron chi connectivity index (χ4n) is 3.76. The first-order valence-electron chi connectivity index (χ1n) is 7.51. The summed E-state index contributed by atoms with van der Waals surface area (Å²) in [6.45, 7) is 0. The van der Waals surface area contributed by atoms with Gasteiger partial charge in [0.2, 0.25) is 0 Å². The van der Waals surface area contributed by atoms with Crippen molar-refractivity contribution in [3.8, 4) is 5.75 Å². The fraction of sp³-hybridized carbons (Fsp3) is 0.625. The van der Waals surface area contributed by atoms with Crippen LogP contribution in [0.3, 0.4) is 0 Å². The Morgan fingerprint density at radius 3 is 2.48 bits per heavy atom. The second-order valence-electron chi connectivity index (χ2n) is 6.27. The maximum absolute atomic E-state index is 12.7. The largest absolute Gasteiger partial charge is 0.490 e. The predicted molar refractivity (Wildman–Crippen MR) is 74.0 cm³/mol. The SMILES string of the molecule is NC1CC(Oc2cccc(C(F)(F)F)c2)C12CCCCC2. The highest BCUT2D eigenvalue weighted by Crippen LogP contribution is 2.52. The van der Waals surface area contributed by atoms with E-state index in [1.54, 1.807) is 6.07 Å². The highest BCUT2D eigenvalue weighted by atomic mass is 19.4. The molecular formula is C16H20F3NO. The Labute approximate surface area is 122 Å². The molecule has 2 aliphatic rings. The van der Waals surface area contributed by atoms with E-state index in [-0.39, 0.29) is 17.6 Å². The Hall–Kier alpha value is -1.23. The quantitative estimate of drug-likeness (QED) is 0.891. The van der Waals surface area contributed by atoms with Crippen LogP contribution in [0.2, 0.25) is 0 Å². The smallest absolute Gasteiger partial charge is 0.416 e. The third-order valence-electron chi connectivity index (χ3n) is 5.07. The molecule has 2 N–H and O–H groups in total. The number of halogens is 3. The van der Waals surface area contributed by atoms with Crippen molar-refractivity contribution in [3.05, 3.63) is 29.8 Å². The number of alkyl halides is 3. The van der Waals surface area contributed by atoms with E-state index in [0.717, 1.165) is 44.2 Å². The lowest BCUT2D eigenvalue weighted by Gasteiger charge is -2.56. The van der Waals surface area contributed by atoms with Gasteiger partial charge in [-0.1, -0.05) is 25.3 Å². The van der Waals surface area contributed by atoms with E-state index in [2.05, 4.69) is 0 Å². The average molecular weight is 299 g/mol. The molecule has 0 amide bonds. The van der Waals surface area contributed by atoms with Crippen molar-refractivity contribution in [2.45, 2.75) is 56.8 Å². The fourth-order valence-corrected chi connectivity index (χ4v) is 3.76. The molecule has 0 aliphatic heterocycles. The minimum absolute atomic E-state index is 0.0213. The molecule has 2 atom stereocenters. The van der Waals surface area contributed by atoms with Gasteiger partial charge in [0.25, 0.3) is 0 Å². The molecule has 1 aromatic rings. The van der Waals surface area contributed by atoms with Crippen LogP contribution < -0.4 is 10.5 Å². The molecule has 5 heteroatoms. The van der Waals surface area contributed by atoms with Crippen molar-refractivity contribution in [1.29, 1.82) is 0 Å². The van der Waals surface area contributed by atoms with Crippen LogP contribution in [-0.2, 0) is 6.18 Å². The van der Waals surface area contributed by atoms with E-state index in [1.165, 1.54) is 12.5 Å². The third-order valence-corrected chi connectivity index (χ3v) is 5.07. The molecule has 116 valence electrons. The summed E-state index contributed by atoms with van der Waals surface area (Å²) in [5.74, 6) is 0.298. The van der Waals surface area contributed by atoms with E-state index < -0.39 is 11.7 Å². The monoisotopic (exact) mass is 299 g/mol. The Kier molecular flexibility index (Phi) is 3.64. The first-order valence-corrected chi connectivity index (χ1v) is 7.51. The van der Waals surface area contributed by atoms with Crippen LogP contribution in [0.25, 0.3) is 0 Å². The van der Waals surface area contributed by atoms with E-state index >= 15 is 0 Å². The van der Waals surface area contributed by atoms with Crippen LogP contribution in [0, 0.1) is 5.41 Å². The zero-order valence-corrected chi connectivity index (χ0v) is 11.8. The van der Waals surface area contributed by atoms with Crippen LogP contribution in [0.4, 0.5) is 13.2 Å². The molecule has 1 spiro atoms. The van der Waals surface area contributed by atoms with E-state index in [9.17, 15) is 13.2 Å². The Bertz CT molecular complexity index is 508. The zero-order valence-electron chi connectivity index (χ0n) is 11.8. The number of ether oxygens (including phenoxy) is 1. The summed E-state index contributed by atoms with van der Waals surface area (Å²) in [4.78, 5) is 0. The van der Waals surface area contributed by atoms with Gasteiger partial charge in [0.15, 0.2) is 0 Å². The first kappa shape index (κ1) is 14.7. The maximum Gasteiger partial charge on any atom is 0.416 e. The molecule has 0 radical (unpaired) electrons. The van der Waals surface area contributed by atoms with Crippen molar-refractivity contribution in [3.63, 3.8) is 0 Å². The van der Waals surface area contributed by atoms with Crippen molar-refractivity contribution in [2.24, 2.45) is 11.1 Å². The average Bonchev–Trinajstić information content (AvgIpc) is 2.47. The first-order chi connectivity index (χ1) is 9.92. The molecule has 1 aromatic carbocycles. The lowest BCUT2D eigenvalue weighted by atomic mass is 9.55. The number of hydrogen-bond donors (Lipinski definition) is 1. The van der Waals surface area contributed by atoms with Gasteiger partial charge in [0, 0.05) is 17.9 Å². The van der Waals surface area contributed by atoms with Crippen molar-refractivity contribution < 1.29 is 17.9 Å². The van der Waals surface area contributed by atoms with Crippen molar-refractivity contribution >= 4 is 0 Å². The van der Waals surface area contributed by atoms with Gasteiger partial charge >= 0.3 is 6.18 Å². The summed E-state index contributed by atoms with van der Waals surface area (Å²) in [5.41, 5.74) is 5.48. The summed E-state index contributed by atoms with van der Waals surface area (Å²) >= 11 is 0. The number of benzene rings is 1. The Balaban J connectivity index is 1.75.